The maximum atomic E-state index is 6.02. The Morgan fingerprint density at radius 3 is 2.47 bits per heavy atom. The van der Waals surface area contributed by atoms with Gasteiger partial charge in [0.25, 0.3) is 0 Å². The monoisotopic (exact) mass is 484 g/mol. The minimum absolute atomic E-state index is 0.0962. The van der Waals surface area contributed by atoms with E-state index in [0.29, 0.717) is 23.7 Å². The van der Waals surface area contributed by atoms with E-state index in [1.807, 2.05) is 12.1 Å². The Morgan fingerprint density at radius 1 is 0.944 bits per heavy atom. The Kier molecular flexibility index (Phi) is 6.49. The number of nitrogens with zero attached hydrogens (tertiary/aromatic N) is 3. The third-order valence-electron chi connectivity index (χ3n) is 6.97. The van der Waals surface area contributed by atoms with Gasteiger partial charge in [0.15, 0.2) is 0 Å². The molecular formula is C29H36N6O. The standard InChI is InChI=1S/C29H36N6O/c1-29(2,3)21-8-4-7-20(19-21)28-32-23-10-6-11-24(27(23)33-28)35-15-13-34(14-16-35)17-18-36-25-12-5-9-22(30)26(25)31/h4-12,19H,13-18,30-31H2,1-3H3,(H,32,33). The van der Waals surface area contributed by atoms with Crippen LogP contribution in [-0.4, -0.2) is 54.2 Å². The van der Waals surface area contributed by atoms with Crippen LogP contribution >= 0.6 is 0 Å². The van der Waals surface area contributed by atoms with Gasteiger partial charge >= 0.3 is 0 Å². The number of rotatable bonds is 6. The van der Waals surface area contributed by atoms with Crippen LogP contribution in [0.5, 0.6) is 5.75 Å². The van der Waals surface area contributed by atoms with E-state index in [1.165, 1.54) is 11.3 Å². The lowest BCUT2D eigenvalue weighted by Gasteiger charge is -2.36. The number of ether oxygens (including phenoxy) is 1. The summed E-state index contributed by atoms with van der Waals surface area (Å²) >= 11 is 0. The molecule has 0 unspecified atom stereocenters. The predicted octanol–water partition coefficient (Wildman–Crippen LogP) is 4.89. The molecule has 36 heavy (non-hydrogen) atoms. The van der Waals surface area contributed by atoms with E-state index in [1.54, 1.807) is 6.07 Å². The summed E-state index contributed by atoms with van der Waals surface area (Å²) in [5.41, 5.74) is 18.8. The molecule has 1 saturated heterocycles. The van der Waals surface area contributed by atoms with Crippen molar-refractivity contribution in [3.05, 3.63) is 66.2 Å². The SMILES string of the molecule is CC(C)(C)c1cccc(-c2nc3c(N4CCN(CCOc5cccc(N)c5N)CC4)cccc3[nH]2)c1. The van der Waals surface area contributed by atoms with Crippen molar-refractivity contribution < 1.29 is 4.74 Å². The number of benzene rings is 3. The minimum Gasteiger partial charge on any atom is -0.490 e. The normalized spacial score (nSPS) is 14.9. The minimum atomic E-state index is 0.0962. The molecule has 1 aromatic heterocycles. The van der Waals surface area contributed by atoms with Crippen molar-refractivity contribution in [3.8, 4) is 17.1 Å². The molecule has 0 radical (unpaired) electrons. The highest BCUT2D eigenvalue weighted by Crippen LogP contribution is 2.31. The highest BCUT2D eigenvalue weighted by Gasteiger charge is 2.21. The summed E-state index contributed by atoms with van der Waals surface area (Å²) < 4.78 is 5.89. The van der Waals surface area contributed by atoms with Crippen molar-refractivity contribution in [2.75, 3.05) is 55.7 Å². The predicted molar refractivity (Wildman–Crippen MR) is 150 cm³/mol. The zero-order valence-electron chi connectivity index (χ0n) is 21.4. The summed E-state index contributed by atoms with van der Waals surface area (Å²) in [5.74, 6) is 1.57. The van der Waals surface area contributed by atoms with E-state index in [2.05, 4.69) is 78.0 Å². The van der Waals surface area contributed by atoms with Gasteiger partial charge in [-0.25, -0.2) is 4.98 Å². The van der Waals surface area contributed by atoms with Crippen LogP contribution in [0, 0.1) is 0 Å². The molecule has 0 spiro atoms. The molecule has 7 heteroatoms. The van der Waals surface area contributed by atoms with E-state index in [9.17, 15) is 0 Å². The molecule has 0 amide bonds. The van der Waals surface area contributed by atoms with Gasteiger partial charge < -0.3 is 26.1 Å². The number of hydrogen-bond acceptors (Lipinski definition) is 6. The topological polar surface area (TPSA) is 96.4 Å². The number of hydrogen-bond donors (Lipinski definition) is 3. The average Bonchev–Trinajstić information content (AvgIpc) is 3.31. The number of H-pyrrole nitrogens is 1. The van der Waals surface area contributed by atoms with Gasteiger partial charge in [-0.3, -0.25) is 4.90 Å². The number of aromatic amines is 1. The number of piperazine rings is 1. The maximum absolute atomic E-state index is 6.02. The van der Waals surface area contributed by atoms with E-state index in [-0.39, 0.29) is 5.41 Å². The van der Waals surface area contributed by atoms with Gasteiger partial charge in [0.2, 0.25) is 0 Å². The van der Waals surface area contributed by atoms with Crippen molar-refractivity contribution in [3.63, 3.8) is 0 Å². The first-order chi connectivity index (χ1) is 17.3. The van der Waals surface area contributed by atoms with Crippen LogP contribution in [0.25, 0.3) is 22.4 Å². The summed E-state index contributed by atoms with van der Waals surface area (Å²) in [6.45, 7) is 12.0. The second-order valence-electron chi connectivity index (χ2n) is 10.5. The molecular weight excluding hydrogens is 448 g/mol. The van der Waals surface area contributed by atoms with Gasteiger partial charge in [-0.05, 0) is 41.3 Å². The smallest absolute Gasteiger partial charge is 0.144 e. The Bertz CT molecular complexity index is 1350. The van der Waals surface area contributed by atoms with Crippen LogP contribution in [-0.2, 0) is 5.41 Å². The molecule has 1 aliphatic rings. The first-order valence-corrected chi connectivity index (χ1v) is 12.6. The van der Waals surface area contributed by atoms with Crippen LogP contribution in [0.3, 0.4) is 0 Å². The second-order valence-corrected chi connectivity index (χ2v) is 10.5. The highest BCUT2D eigenvalue weighted by molar-refractivity contribution is 5.91. The Hall–Kier alpha value is -3.71. The fourth-order valence-electron chi connectivity index (χ4n) is 4.73. The molecule has 0 atom stereocenters. The molecule has 4 aromatic rings. The van der Waals surface area contributed by atoms with Crippen molar-refractivity contribution in [1.29, 1.82) is 0 Å². The summed E-state index contributed by atoms with van der Waals surface area (Å²) in [6, 6.07) is 20.6. The first-order valence-electron chi connectivity index (χ1n) is 12.6. The molecule has 5 N–H and O–H groups in total. The molecule has 1 aliphatic heterocycles. The molecule has 5 rings (SSSR count). The number of nitrogen functional groups attached to an aromatic ring is 2. The average molecular weight is 485 g/mol. The quantitative estimate of drug-likeness (QED) is 0.337. The van der Waals surface area contributed by atoms with E-state index in [0.717, 1.165) is 55.1 Å². The number of anilines is 3. The zero-order valence-corrected chi connectivity index (χ0v) is 21.4. The van der Waals surface area contributed by atoms with E-state index >= 15 is 0 Å². The van der Waals surface area contributed by atoms with Crippen LogP contribution < -0.4 is 21.1 Å². The molecule has 7 nitrogen and oxygen atoms in total. The lowest BCUT2D eigenvalue weighted by Crippen LogP contribution is -2.47. The lowest BCUT2D eigenvalue weighted by molar-refractivity contribution is 0.201. The van der Waals surface area contributed by atoms with Crippen molar-refractivity contribution in [1.82, 2.24) is 14.9 Å². The molecule has 0 saturated carbocycles. The van der Waals surface area contributed by atoms with Gasteiger partial charge in [0.1, 0.15) is 23.7 Å². The van der Waals surface area contributed by atoms with E-state index in [4.69, 9.17) is 21.2 Å². The van der Waals surface area contributed by atoms with Crippen LogP contribution in [0.15, 0.2) is 60.7 Å². The molecule has 188 valence electrons. The fourth-order valence-corrected chi connectivity index (χ4v) is 4.73. The van der Waals surface area contributed by atoms with Crippen molar-refractivity contribution in [2.45, 2.75) is 26.2 Å². The number of imidazole rings is 1. The Morgan fingerprint density at radius 2 is 1.69 bits per heavy atom. The maximum Gasteiger partial charge on any atom is 0.144 e. The second kappa shape index (κ2) is 9.74. The van der Waals surface area contributed by atoms with Crippen molar-refractivity contribution >= 4 is 28.1 Å². The number of nitrogens with one attached hydrogen (secondary N) is 1. The fraction of sp³-hybridized carbons (Fsp3) is 0.345. The van der Waals surface area contributed by atoms with Gasteiger partial charge in [-0.1, -0.05) is 51.1 Å². The molecule has 0 aliphatic carbocycles. The van der Waals surface area contributed by atoms with Crippen LogP contribution in [0.2, 0.25) is 0 Å². The van der Waals surface area contributed by atoms with E-state index < -0.39 is 0 Å². The van der Waals surface area contributed by atoms with Gasteiger partial charge in [0.05, 0.1) is 22.6 Å². The summed E-state index contributed by atoms with van der Waals surface area (Å²) in [7, 11) is 0. The molecule has 2 heterocycles. The lowest BCUT2D eigenvalue weighted by atomic mass is 9.86. The third kappa shape index (κ3) is 4.97. The highest BCUT2D eigenvalue weighted by atomic mass is 16.5. The Balaban J connectivity index is 1.25. The van der Waals surface area contributed by atoms with Gasteiger partial charge in [0, 0.05) is 38.3 Å². The van der Waals surface area contributed by atoms with Crippen molar-refractivity contribution in [2.24, 2.45) is 0 Å². The van der Waals surface area contributed by atoms with Gasteiger partial charge in [-0.15, -0.1) is 0 Å². The molecule has 1 fully saturated rings. The van der Waals surface area contributed by atoms with Crippen LogP contribution in [0.4, 0.5) is 17.1 Å². The zero-order chi connectivity index (χ0) is 25.3. The molecule has 0 bridgehead atoms. The summed E-state index contributed by atoms with van der Waals surface area (Å²) in [6.07, 6.45) is 0. The van der Waals surface area contributed by atoms with Gasteiger partial charge in [-0.2, -0.15) is 0 Å². The number of nitrogens with two attached hydrogens (primary N) is 2. The molecule has 3 aromatic carbocycles. The Labute approximate surface area is 213 Å². The summed E-state index contributed by atoms with van der Waals surface area (Å²) in [5, 5.41) is 0. The number of para-hydroxylation sites is 2. The summed E-state index contributed by atoms with van der Waals surface area (Å²) in [4.78, 5) is 13.5. The largest absolute Gasteiger partial charge is 0.490 e. The first kappa shape index (κ1) is 24.0. The third-order valence-corrected chi connectivity index (χ3v) is 6.97. The number of aromatic nitrogens is 2. The number of fused-ring (bicyclic) bond motifs is 1. The van der Waals surface area contributed by atoms with Crippen LogP contribution in [0.1, 0.15) is 26.3 Å².